The summed E-state index contributed by atoms with van der Waals surface area (Å²) in [5.74, 6) is -0.775. The topological polar surface area (TPSA) is 124 Å². The number of amides is 2. The fourth-order valence-corrected chi connectivity index (χ4v) is 4.41. The van der Waals surface area contributed by atoms with Crippen LogP contribution in [0.25, 0.3) is 0 Å². The fraction of sp³-hybridized carbons (Fsp3) is 0.286. The Labute approximate surface area is 173 Å². The molecule has 0 spiro atoms. The smallest absolute Gasteiger partial charge is 0.247 e. The number of nitriles is 2. The number of aryl methyl sites for hydroxylation is 1. The van der Waals surface area contributed by atoms with E-state index in [0.29, 0.717) is 11.3 Å². The second-order valence-electron chi connectivity index (χ2n) is 7.06. The van der Waals surface area contributed by atoms with Gasteiger partial charge >= 0.3 is 0 Å². The van der Waals surface area contributed by atoms with Crippen molar-refractivity contribution in [2.24, 2.45) is 0 Å². The predicted octanol–water partition coefficient (Wildman–Crippen LogP) is 3.26. The van der Waals surface area contributed by atoms with Crippen LogP contribution in [0, 0.1) is 29.6 Å². The highest BCUT2D eigenvalue weighted by molar-refractivity contribution is 8.00. The zero-order chi connectivity index (χ0) is 21.3. The van der Waals surface area contributed by atoms with E-state index in [2.05, 4.69) is 11.1 Å². The van der Waals surface area contributed by atoms with Crippen molar-refractivity contribution in [1.82, 2.24) is 4.98 Å². The number of nitrogen functional groups attached to an aromatic ring is 1. The number of carbonyl (C=O) groups is 2. The van der Waals surface area contributed by atoms with Gasteiger partial charge in [0.25, 0.3) is 0 Å². The van der Waals surface area contributed by atoms with Crippen molar-refractivity contribution in [1.29, 1.82) is 10.5 Å². The molecule has 2 aromatic rings. The summed E-state index contributed by atoms with van der Waals surface area (Å²) in [4.78, 5) is 30.8. The van der Waals surface area contributed by atoms with Crippen LogP contribution in [-0.4, -0.2) is 22.0 Å². The Morgan fingerprint density at radius 3 is 2.34 bits per heavy atom. The molecule has 3 rings (SSSR count). The SMILES string of the molecule is Cc1ccc(N2C(=O)C[C@@H](Sc3nc(N)c(C#N)c(C(C)C)c3C#N)C2=O)cc1. The third-order valence-electron chi connectivity index (χ3n) is 4.68. The van der Waals surface area contributed by atoms with Crippen LogP contribution in [0.4, 0.5) is 11.5 Å². The molecule has 7 nitrogen and oxygen atoms in total. The van der Waals surface area contributed by atoms with E-state index in [-0.39, 0.29) is 46.1 Å². The van der Waals surface area contributed by atoms with Crippen LogP contribution in [0.5, 0.6) is 0 Å². The van der Waals surface area contributed by atoms with Gasteiger partial charge in [0.05, 0.1) is 22.1 Å². The average Bonchev–Trinajstić information content (AvgIpc) is 2.95. The molecule has 1 saturated heterocycles. The minimum atomic E-state index is -0.712. The van der Waals surface area contributed by atoms with Crippen LogP contribution in [0.3, 0.4) is 0 Å². The van der Waals surface area contributed by atoms with Crippen LogP contribution >= 0.6 is 11.8 Å². The molecule has 1 aromatic carbocycles. The van der Waals surface area contributed by atoms with Gasteiger partial charge in [0.1, 0.15) is 23.0 Å². The molecule has 1 aliphatic rings. The molecule has 1 aliphatic heterocycles. The van der Waals surface area contributed by atoms with Gasteiger partial charge in [0.2, 0.25) is 11.8 Å². The lowest BCUT2D eigenvalue weighted by Gasteiger charge is -2.17. The van der Waals surface area contributed by atoms with Gasteiger partial charge in [-0.15, -0.1) is 0 Å². The first kappa shape index (κ1) is 20.4. The monoisotopic (exact) mass is 405 g/mol. The maximum atomic E-state index is 12.9. The number of hydrogen-bond donors (Lipinski definition) is 1. The van der Waals surface area contributed by atoms with E-state index >= 15 is 0 Å². The summed E-state index contributed by atoms with van der Waals surface area (Å²) in [7, 11) is 0. The van der Waals surface area contributed by atoms with Gasteiger partial charge in [0, 0.05) is 6.42 Å². The van der Waals surface area contributed by atoms with Gasteiger partial charge in [-0.3, -0.25) is 9.59 Å². The van der Waals surface area contributed by atoms with Crippen molar-refractivity contribution in [3.8, 4) is 12.1 Å². The standard InChI is InChI=1S/C21H19N5O2S/c1-11(2)18-14(9-22)19(24)25-20(15(18)10-23)29-16-8-17(27)26(21(16)28)13-6-4-12(3)5-7-13/h4-7,11,16H,8H2,1-3H3,(H2,24,25)/t16-/m1/s1. The van der Waals surface area contributed by atoms with E-state index in [1.54, 1.807) is 12.1 Å². The molecule has 0 unspecified atom stereocenters. The lowest BCUT2D eigenvalue weighted by Crippen LogP contribution is -2.31. The van der Waals surface area contributed by atoms with E-state index in [4.69, 9.17) is 5.73 Å². The van der Waals surface area contributed by atoms with Gasteiger partial charge in [-0.05, 0) is 30.5 Å². The lowest BCUT2D eigenvalue weighted by atomic mass is 9.94. The van der Waals surface area contributed by atoms with Crippen LogP contribution < -0.4 is 10.6 Å². The highest BCUT2D eigenvalue weighted by atomic mass is 32.2. The van der Waals surface area contributed by atoms with Gasteiger partial charge < -0.3 is 5.73 Å². The maximum Gasteiger partial charge on any atom is 0.247 e. The fourth-order valence-electron chi connectivity index (χ4n) is 3.28. The Kier molecular flexibility index (Phi) is 5.58. The molecule has 2 amide bonds. The third kappa shape index (κ3) is 3.67. The first-order valence-corrected chi connectivity index (χ1v) is 9.90. The van der Waals surface area contributed by atoms with E-state index < -0.39 is 5.25 Å². The number of pyridine rings is 1. The van der Waals surface area contributed by atoms with Crippen LogP contribution in [-0.2, 0) is 9.59 Å². The van der Waals surface area contributed by atoms with Crippen molar-refractivity contribution >= 4 is 35.1 Å². The van der Waals surface area contributed by atoms with Crippen molar-refractivity contribution in [3.63, 3.8) is 0 Å². The number of carbonyl (C=O) groups excluding carboxylic acids is 2. The zero-order valence-corrected chi connectivity index (χ0v) is 17.1. The minimum absolute atomic E-state index is 0.000836. The molecule has 29 heavy (non-hydrogen) atoms. The molecule has 0 bridgehead atoms. The Morgan fingerprint density at radius 1 is 1.17 bits per heavy atom. The summed E-state index contributed by atoms with van der Waals surface area (Å²) in [5, 5.41) is 18.7. The molecule has 2 N–H and O–H groups in total. The molecule has 1 fully saturated rings. The molecule has 0 aliphatic carbocycles. The summed E-state index contributed by atoms with van der Waals surface area (Å²) in [6.45, 7) is 5.63. The number of aromatic nitrogens is 1. The highest BCUT2D eigenvalue weighted by Crippen LogP contribution is 2.38. The van der Waals surface area contributed by atoms with Crippen molar-refractivity contribution in [2.75, 3.05) is 10.6 Å². The van der Waals surface area contributed by atoms with Crippen molar-refractivity contribution < 1.29 is 9.59 Å². The molecule has 2 heterocycles. The molecule has 0 saturated carbocycles. The Hall–Kier alpha value is -3.36. The summed E-state index contributed by atoms with van der Waals surface area (Å²) in [6, 6.07) is 11.2. The van der Waals surface area contributed by atoms with Gasteiger partial charge in [0.15, 0.2) is 0 Å². The minimum Gasteiger partial charge on any atom is -0.383 e. The van der Waals surface area contributed by atoms with E-state index in [0.717, 1.165) is 17.3 Å². The summed E-state index contributed by atoms with van der Waals surface area (Å²) >= 11 is 1.05. The summed E-state index contributed by atoms with van der Waals surface area (Å²) in [6.07, 6.45) is 0.000836. The molecule has 1 atom stereocenters. The van der Waals surface area contributed by atoms with E-state index in [1.165, 1.54) is 4.90 Å². The normalized spacial score (nSPS) is 16.2. The summed E-state index contributed by atoms with van der Waals surface area (Å²) < 4.78 is 0. The second-order valence-corrected chi connectivity index (χ2v) is 8.25. The Bertz CT molecular complexity index is 1080. The molecule has 146 valence electrons. The Balaban J connectivity index is 1.98. The molecule has 0 radical (unpaired) electrons. The average molecular weight is 405 g/mol. The first-order chi connectivity index (χ1) is 13.8. The molecular weight excluding hydrogens is 386 g/mol. The number of imide groups is 1. The predicted molar refractivity (Wildman–Crippen MR) is 110 cm³/mol. The number of rotatable bonds is 4. The van der Waals surface area contributed by atoms with Gasteiger partial charge in [-0.1, -0.05) is 43.3 Å². The van der Waals surface area contributed by atoms with E-state index in [9.17, 15) is 20.1 Å². The van der Waals surface area contributed by atoms with Crippen molar-refractivity contribution in [3.05, 3.63) is 46.5 Å². The summed E-state index contributed by atoms with van der Waals surface area (Å²) in [5.41, 5.74) is 8.40. The van der Waals surface area contributed by atoms with Crippen LogP contribution in [0.2, 0.25) is 0 Å². The van der Waals surface area contributed by atoms with Gasteiger partial charge in [-0.25, -0.2) is 9.88 Å². The zero-order valence-electron chi connectivity index (χ0n) is 16.3. The Morgan fingerprint density at radius 2 is 1.79 bits per heavy atom. The first-order valence-electron chi connectivity index (χ1n) is 9.02. The highest BCUT2D eigenvalue weighted by Gasteiger charge is 2.41. The number of hydrogen-bond acceptors (Lipinski definition) is 7. The van der Waals surface area contributed by atoms with Crippen LogP contribution in [0.15, 0.2) is 29.3 Å². The quantitative estimate of drug-likeness (QED) is 0.774. The van der Waals surface area contributed by atoms with Gasteiger partial charge in [-0.2, -0.15) is 10.5 Å². The number of benzene rings is 1. The second kappa shape index (κ2) is 7.94. The van der Waals surface area contributed by atoms with E-state index in [1.807, 2.05) is 39.0 Å². The number of nitrogens with zero attached hydrogens (tertiary/aromatic N) is 4. The van der Waals surface area contributed by atoms with Crippen molar-refractivity contribution in [2.45, 2.75) is 43.4 Å². The molecule has 1 aromatic heterocycles. The molecular formula is C21H19N5O2S. The number of nitrogens with two attached hydrogens (primary N) is 1. The number of thioether (sulfide) groups is 1. The maximum absolute atomic E-state index is 12.9. The largest absolute Gasteiger partial charge is 0.383 e. The third-order valence-corrected chi connectivity index (χ3v) is 5.85. The van der Waals surface area contributed by atoms with Crippen LogP contribution in [0.1, 0.15) is 48.4 Å². The lowest BCUT2D eigenvalue weighted by molar-refractivity contribution is -0.121. The molecule has 8 heteroatoms. The number of anilines is 2.